The van der Waals surface area contributed by atoms with Crippen LogP contribution in [0.1, 0.15) is 31.7 Å². The average molecular weight is 292 g/mol. The van der Waals surface area contributed by atoms with Crippen LogP contribution < -0.4 is 0 Å². The Bertz CT molecular complexity index is 481. The normalized spacial score (nSPS) is 12.8. The van der Waals surface area contributed by atoms with Crippen molar-refractivity contribution >= 4 is 26.8 Å². The Balaban J connectivity index is 2.04. The molecule has 1 heterocycles. The number of fused-ring (bicyclic) bond motifs is 1. The fraction of sp³-hybridized carbons (Fsp3) is 0.400. The van der Waals surface area contributed by atoms with Crippen molar-refractivity contribution in [2.45, 2.75) is 37.4 Å². The van der Waals surface area contributed by atoms with Crippen LogP contribution in [0.3, 0.4) is 0 Å². The van der Waals surface area contributed by atoms with Gasteiger partial charge in [-0.3, -0.25) is 4.98 Å². The standard InChI is InChI=1S/C15H18BrN/c1-2-4-14(16)9-7-12-6-8-13-5-3-10-17-15(13)11-12/h3,5-6,8,10-11,14H,2,4,7,9H2,1H3. The number of pyridine rings is 1. The largest absolute Gasteiger partial charge is 0.256 e. The molecule has 1 atom stereocenters. The van der Waals surface area contributed by atoms with Gasteiger partial charge in [0.15, 0.2) is 0 Å². The number of aryl methyl sites for hydroxylation is 1. The molecule has 0 bridgehead atoms. The average Bonchev–Trinajstić information content (AvgIpc) is 2.36. The summed E-state index contributed by atoms with van der Waals surface area (Å²) in [7, 11) is 0. The van der Waals surface area contributed by atoms with Crippen LogP contribution in [-0.2, 0) is 6.42 Å². The first-order valence-electron chi connectivity index (χ1n) is 6.27. The molecule has 0 spiro atoms. The van der Waals surface area contributed by atoms with E-state index in [1.54, 1.807) is 0 Å². The van der Waals surface area contributed by atoms with Gasteiger partial charge in [-0.2, -0.15) is 0 Å². The van der Waals surface area contributed by atoms with Crippen LogP contribution in [0.25, 0.3) is 10.9 Å². The number of aromatic nitrogens is 1. The van der Waals surface area contributed by atoms with Crippen LogP contribution in [0.2, 0.25) is 0 Å². The minimum atomic E-state index is 0.645. The molecule has 90 valence electrons. The second kappa shape index (κ2) is 6.15. The number of nitrogens with zero attached hydrogens (tertiary/aromatic N) is 1. The van der Waals surface area contributed by atoms with Crippen molar-refractivity contribution in [2.75, 3.05) is 0 Å². The third-order valence-corrected chi connectivity index (χ3v) is 3.93. The van der Waals surface area contributed by atoms with Gasteiger partial charge >= 0.3 is 0 Å². The predicted molar refractivity (Wildman–Crippen MR) is 77.7 cm³/mol. The van der Waals surface area contributed by atoms with Gasteiger partial charge < -0.3 is 0 Å². The van der Waals surface area contributed by atoms with Gasteiger partial charge in [0, 0.05) is 16.4 Å². The maximum absolute atomic E-state index is 4.39. The van der Waals surface area contributed by atoms with Crippen LogP contribution in [0.15, 0.2) is 36.5 Å². The zero-order chi connectivity index (χ0) is 12.1. The van der Waals surface area contributed by atoms with E-state index in [2.05, 4.69) is 52.1 Å². The minimum Gasteiger partial charge on any atom is -0.256 e. The number of rotatable bonds is 5. The first kappa shape index (κ1) is 12.6. The molecule has 2 aromatic rings. The van der Waals surface area contributed by atoms with Gasteiger partial charge in [-0.25, -0.2) is 0 Å². The molecule has 0 fully saturated rings. The zero-order valence-corrected chi connectivity index (χ0v) is 11.8. The van der Waals surface area contributed by atoms with Gasteiger partial charge in [0.1, 0.15) is 0 Å². The Morgan fingerprint density at radius 1 is 1.24 bits per heavy atom. The molecule has 2 rings (SSSR count). The van der Waals surface area contributed by atoms with Crippen LogP contribution in [0, 0.1) is 0 Å². The van der Waals surface area contributed by atoms with Crippen LogP contribution in [0.4, 0.5) is 0 Å². The molecule has 0 saturated carbocycles. The van der Waals surface area contributed by atoms with Crippen molar-refractivity contribution in [1.82, 2.24) is 4.98 Å². The molecule has 2 heteroatoms. The highest BCUT2D eigenvalue weighted by molar-refractivity contribution is 9.09. The lowest BCUT2D eigenvalue weighted by molar-refractivity contribution is 0.693. The maximum atomic E-state index is 4.39. The summed E-state index contributed by atoms with van der Waals surface area (Å²) in [6, 6.07) is 10.7. The Morgan fingerprint density at radius 3 is 2.94 bits per heavy atom. The lowest BCUT2D eigenvalue weighted by atomic mass is 10.0. The van der Waals surface area contributed by atoms with Crippen molar-refractivity contribution in [1.29, 1.82) is 0 Å². The molecule has 0 saturated heterocycles. The summed E-state index contributed by atoms with van der Waals surface area (Å²) < 4.78 is 0. The van der Waals surface area contributed by atoms with Gasteiger partial charge in [0.05, 0.1) is 5.52 Å². The zero-order valence-electron chi connectivity index (χ0n) is 10.2. The van der Waals surface area contributed by atoms with E-state index in [9.17, 15) is 0 Å². The molecular weight excluding hydrogens is 274 g/mol. The fourth-order valence-corrected chi connectivity index (χ4v) is 2.74. The van der Waals surface area contributed by atoms with E-state index in [0.29, 0.717) is 4.83 Å². The second-order valence-corrected chi connectivity index (χ2v) is 5.75. The third-order valence-electron chi connectivity index (χ3n) is 3.02. The number of benzene rings is 1. The smallest absolute Gasteiger partial charge is 0.0704 e. The van der Waals surface area contributed by atoms with Crippen molar-refractivity contribution in [3.8, 4) is 0 Å². The summed E-state index contributed by atoms with van der Waals surface area (Å²) in [6.45, 7) is 2.23. The summed E-state index contributed by atoms with van der Waals surface area (Å²) in [5.41, 5.74) is 2.49. The van der Waals surface area contributed by atoms with Gasteiger partial charge in [-0.05, 0) is 37.0 Å². The van der Waals surface area contributed by atoms with Gasteiger partial charge in [-0.15, -0.1) is 0 Å². The van der Waals surface area contributed by atoms with E-state index in [-0.39, 0.29) is 0 Å². The summed E-state index contributed by atoms with van der Waals surface area (Å²) in [6.07, 6.45) is 6.69. The van der Waals surface area contributed by atoms with E-state index in [4.69, 9.17) is 0 Å². The number of hydrogen-bond acceptors (Lipinski definition) is 1. The van der Waals surface area contributed by atoms with Crippen molar-refractivity contribution in [2.24, 2.45) is 0 Å². The molecule has 1 aromatic carbocycles. The van der Waals surface area contributed by atoms with Gasteiger partial charge in [0.25, 0.3) is 0 Å². The summed E-state index contributed by atoms with van der Waals surface area (Å²) >= 11 is 3.73. The Kier molecular flexibility index (Phi) is 4.55. The molecule has 17 heavy (non-hydrogen) atoms. The van der Waals surface area contributed by atoms with E-state index in [1.807, 2.05) is 12.3 Å². The summed E-state index contributed by atoms with van der Waals surface area (Å²) in [5, 5.41) is 1.22. The molecule has 0 aliphatic carbocycles. The Hall–Kier alpha value is -0.890. The molecule has 1 aromatic heterocycles. The summed E-state index contributed by atoms with van der Waals surface area (Å²) in [4.78, 5) is 5.04. The molecular formula is C15H18BrN. The topological polar surface area (TPSA) is 12.9 Å². The second-order valence-electron chi connectivity index (χ2n) is 4.46. The van der Waals surface area contributed by atoms with Crippen molar-refractivity contribution < 1.29 is 0 Å². The molecule has 0 N–H and O–H groups in total. The van der Waals surface area contributed by atoms with E-state index >= 15 is 0 Å². The van der Waals surface area contributed by atoms with Crippen LogP contribution in [0.5, 0.6) is 0 Å². The van der Waals surface area contributed by atoms with Crippen molar-refractivity contribution in [3.63, 3.8) is 0 Å². The van der Waals surface area contributed by atoms with Gasteiger partial charge in [-0.1, -0.05) is 47.5 Å². The highest BCUT2D eigenvalue weighted by Crippen LogP contribution is 2.18. The lowest BCUT2D eigenvalue weighted by Crippen LogP contribution is -1.99. The van der Waals surface area contributed by atoms with E-state index < -0.39 is 0 Å². The predicted octanol–water partition coefficient (Wildman–Crippen LogP) is 4.73. The molecule has 0 radical (unpaired) electrons. The van der Waals surface area contributed by atoms with Crippen molar-refractivity contribution in [3.05, 3.63) is 42.1 Å². The molecule has 1 unspecified atom stereocenters. The maximum Gasteiger partial charge on any atom is 0.0704 e. The van der Waals surface area contributed by atoms with Crippen LogP contribution >= 0.6 is 15.9 Å². The molecule has 0 aliphatic rings. The highest BCUT2D eigenvalue weighted by atomic mass is 79.9. The monoisotopic (exact) mass is 291 g/mol. The number of hydrogen-bond donors (Lipinski definition) is 0. The van der Waals surface area contributed by atoms with Gasteiger partial charge in [0.2, 0.25) is 0 Å². The SMILES string of the molecule is CCCC(Br)CCc1ccc2cccnc2c1. The van der Waals surface area contributed by atoms with E-state index in [0.717, 1.165) is 11.9 Å². The Morgan fingerprint density at radius 2 is 2.12 bits per heavy atom. The minimum absolute atomic E-state index is 0.645. The summed E-state index contributed by atoms with van der Waals surface area (Å²) in [5.74, 6) is 0. The highest BCUT2D eigenvalue weighted by Gasteiger charge is 2.04. The van der Waals surface area contributed by atoms with Crippen LogP contribution in [-0.4, -0.2) is 9.81 Å². The molecule has 0 aliphatic heterocycles. The first-order chi connectivity index (χ1) is 8.29. The number of alkyl halides is 1. The lowest BCUT2D eigenvalue weighted by Gasteiger charge is -2.08. The molecule has 0 amide bonds. The fourth-order valence-electron chi connectivity index (χ4n) is 2.05. The first-order valence-corrected chi connectivity index (χ1v) is 7.19. The molecule has 1 nitrogen and oxygen atoms in total. The number of halogens is 1. The quantitative estimate of drug-likeness (QED) is 0.726. The third kappa shape index (κ3) is 3.53. The Labute approximate surface area is 111 Å². The van der Waals surface area contributed by atoms with E-state index in [1.165, 1.54) is 30.2 Å².